The average Bonchev–Trinajstić information content (AvgIpc) is 2.55. The van der Waals surface area contributed by atoms with E-state index in [-0.39, 0.29) is 12.5 Å². The Hall–Kier alpha value is -2.57. The predicted octanol–water partition coefficient (Wildman–Crippen LogP) is 2.44. The molecular weight excluding hydrogens is 272 g/mol. The molecule has 112 valence electrons. The first-order valence-corrected chi connectivity index (χ1v) is 7.28. The number of terminal acetylenes is 1. The van der Waals surface area contributed by atoms with Gasteiger partial charge in [0.2, 0.25) is 5.91 Å². The van der Waals surface area contributed by atoms with Gasteiger partial charge >= 0.3 is 0 Å². The summed E-state index contributed by atoms with van der Waals surface area (Å²) < 4.78 is 0. The number of hydrogen-bond donors (Lipinski definition) is 1. The van der Waals surface area contributed by atoms with E-state index in [0.29, 0.717) is 6.54 Å². The Morgan fingerprint density at radius 2 is 1.45 bits per heavy atom. The van der Waals surface area contributed by atoms with Gasteiger partial charge in [-0.25, -0.2) is 0 Å². The first-order valence-electron chi connectivity index (χ1n) is 7.28. The summed E-state index contributed by atoms with van der Waals surface area (Å²) in [5, 5.41) is 2.72. The van der Waals surface area contributed by atoms with Crippen LogP contribution in [0.2, 0.25) is 0 Å². The molecule has 0 fully saturated rings. The monoisotopic (exact) mass is 292 g/mol. The minimum absolute atomic E-state index is 0.0511. The topological polar surface area (TPSA) is 32.3 Å². The van der Waals surface area contributed by atoms with E-state index in [1.54, 1.807) is 0 Å². The zero-order valence-corrected chi connectivity index (χ0v) is 12.5. The lowest BCUT2D eigenvalue weighted by molar-refractivity contribution is -0.122. The van der Waals surface area contributed by atoms with Crippen LogP contribution in [0, 0.1) is 12.3 Å². The molecular formula is C19H20N2O. The molecule has 3 heteroatoms. The summed E-state index contributed by atoms with van der Waals surface area (Å²) >= 11 is 0. The van der Waals surface area contributed by atoms with Gasteiger partial charge in [-0.3, -0.25) is 9.69 Å². The van der Waals surface area contributed by atoms with Gasteiger partial charge in [-0.1, -0.05) is 66.6 Å². The van der Waals surface area contributed by atoms with E-state index < -0.39 is 0 Å². The van der Waals surface area contributed by atoms with E-state index in [1.807, 2.05) is 36.4 Å². The lowest BCUT2D eigenvalue weighted by Crippen LogP contribution is -2.36. The number of nitrogens with one attached hydrogen (secondary N) is 1. The van der Waals surface area contributed by atoms with E-state index in [2.05, 4.69) is 40.4 Å². The zero-order chi connectivity index (χ0) is 15.6. The molecule has 2 aromatic carbocycles. The minimum Gasteiger partial charge on any atom is -0.344 e. The first-order chi connectivity index (χ1) is 10.8. The van der Waals surface area contributed by atoms with E-state index in [1.165, 1.54) is 11.1 Å². The van der Waals surface area contributed by atoms with Crippen LogP contribution in [0.25, 0.3) is 0 Å². The number of carbonyl (C=O) groups excluding carboxylic acids is 1. The van der Waals surface area contributed by atoms with Crippen LogP contribution in [0.3, 0.4) is 0 Å². The van der Waals surface area contributed by atoms with Gasteiger partial charge in [-0.15, -0.1) is 6.42 Å². The van der Waals surface area contributed by atoms with Gasteiger partial charge in [-0.2, -0.15) is 0 Å². The Labute approximate surface area is 132 Å². The van der Waals surface area contributed by atoms with Gasteiger partial charge < -0.3 is 5.32 Å². The second kappa shape index (κ2) is 8.66. The Balaban J connectivity index is 2.03. The van der Waals surface area contributed by atoms with Gasteiger partial charge in [0.1, 0.15) is 0 Å². The Morgan fingerprint density at radius 3 is 1.91 bits per heavy atom. The highest BCUT2D eigenvalue weighted by molar-refractivity contribution is 5.78. The molecule has 2 rings (SSSR count). The lowest BCUT2D eigenvalue weighted by atomic mass is 10.1. The standard InChI is InChI=1S/C19H20N2O/c1-2-13-20-19(22)16-21(14-17-9-5-3-6-10-17)15-18-11-7-4-8-12-18/h1,3-12H,13-16H2,(H,20,22). The number of benzene rings is 2. The number of nitrogens with zero attached hydrogens (tertiary/aromatic N) is 1. The number of amides is 1. The number of hydrogen-bond acceptors (Lipinski definition) is 2. The van der Waals surface area contributed by atoms with Crippen LogP contribution < -0.4 is 5.32 Å². The van der Waals surface area contributed by atoms with Crippen LogP contribution in [0.1, 0.15) is 11.1 Å². The number of rotatable bonds is 7. The Bertz CT molecular complexity index is 575. The molecule has 0 spiro atoms. The molecule has 0 heterocycles. The van der Waals surface area contributed by atoms with Crippen LogP contribution in [-0.2, 0) is 17.9 Å². The molecule has 0 aliphatic carbocycles. The fourth-order valence-corrected chi connectivity index (χ4v) is 2.26. The van der Waals surface area contributed by atoms with Crippen molar-refractivity contribution in [2.24, 2.45) is 0 Å². The third kappa shape index (κ3) is 5.43. The third-order valence-corrected chi connectivity index (χ3v) is 3.25. The van der Waals surface area contributed by atoms with E-state index in [4.69, 9.17) is 6.42 Å². The summed E-state index contributed by atoms with van der Waals surface area (Å²) in [5.41, 5.74) is 2.37. The van der Waals surface area contributed by atoms with Crippen molar-refractivity contribution in [2.45, 2.75) is 13.1 Å². The molecule has 1 amide bonds. The number of carbonyl (C=O) groups is 1. The quantitative estimate of drug-likeness (QED) is 0.795. The van der Waals surface area contributed by atoms with Crippen molar-refractivity contribution in [3.63, 3.8) is 0 Å². The summed E-state index contributed by atoms with van der Waals surface area (Å²) in [6.07, 6.45) is 5.18. The van der Waals surface area contributed by atoms with Crippen molar-refractivity contribution >= 4 is 5.91 Å². The molecule has 22 heavy (non-hydrogen) atoms. The second-order valence-electron chi connectivity index (χ2n) is 5.10. The average molecular weight is 292 g/mol. The normalized spacial score (nSPS) is 10.2. The highest BCUT2D eigenvalue weighted by Gasteiger charge is 2.11. The molecule has 0 aliphatic rings. The van der Waals surface area contributed by atoms with Gasteiger partial charge in [0.25, 0.3) is 0 Å². The molecule has 0 atom stereocenters. The third-order valence-electron chi connectivity index (χ3n) is 3.25. The lowest BCUT2D eigenvalue weighted by Gasteiger charge is -2.22. The van der Waals surface area contributed by atoms with Crippen molar-refractivity contribution in [1.82, 2.24) is 10.2 Å². The van der Waals surface area contributed by atoms with Crippen LogP contribution in [0.15, 0.2) is 60.7 Å². The first kappa shape index (κ1) is 15.8. The fourth-order valence-electron chi connectivity index (χ4n) is 2.26. The molecule has 1 N–H and O–H groups in total. The molecule has 0 aliphatic heterocycles. The molecule has 2 aromatic rings. The Morgan fingerprint density at radius 1 is 0.955 bits per heavy atom. The smallest absolute Gasteiger partial charge is 0.234 e. The highest BCUT2D eigenvalue weighted by Crippen LogP contribution is 2.09. The van der Waals surface area contributed by atoms with E-state index >= 15 is 0 Å². The Kier molecular flexibility index (Phi) is 6.22. The molecule has 3 nitrogen and oxygen atoms in total. The minimum atomic E-state index is -0.0511. The van der Waals surface area contributed by atoms with Gasteiger partial charge in [0, 0.05) is 13.1 Å². The van der Waals surface area contributed by atoms with E-state index in [9.17, 15) is 4.79 Å². The van der Waals surface area contributed by atoms with Crippen molar-refractivity contribution in [2.75, 3.05) is 13.1 Å². The largest absolute Gasteiger partial charge is 0.344 e. The summed E-state index contributed by atoms with van der Waals surface area (Å²) in [6.45, 7) is 2.03. The second-order valence-corrected chi connectivity index (χ2v) is 5.10. The highest BCUT2D eigenvalue weighted by atomic mass is 16.2. The molecule has 0 saturated heterocycles. The fraction of sp³-hybridized carbons (Fsp3) is 0.211. The van der Waals surface area contributed by atoms with Crippen molar-refractivity contribution in [3.8, 4) is 12.3 Å². The predicted molar refractivity (Wildman–Crippen MR) is 88.8 cm³/mol. The maximum atomic E-state index is 11.9. The molecule has 0 radical (unpaired) electrons. The van der Waals surface area contributed by atoms with E-state index in [0.717, 1.165) is 13.1 Å². The van der Waals surface area contributed by atoms with Crippen LogP contribution >= 0.6 is 0 Å². The molecule has 0 bridgehead atoms. The van der Waals surface area contributed by atoms with Crippen LogP contribution in [0.4, 0.5) is 0 Å². The maximum absolute atomic E-state index is 11.9. The van der Waals surface area contributed by atoms with Gasteiger partial charge in [0.05, 0.1) is 13.1 Å². The summed E-state index contributed by atoms with van der Waals surface area (Å²) in [5.74, 6) is 2.37. The SMILES string of the molecule is C#CCNC(=O)CN(Cc1ccccc1)Cc1ccccc1. The summed E-state index contributed by atoms with van der Waals surface area (Å²) in [4.78, 5) is 14.1. The molecule has 0 aromatic heterocycles. The van der Waals surface area contributed by atoms with Crippen LogP contribution in [0.5, 0.6) is 0 Å². The molecule has 0 unspecified atom stereocenters. The van der Waals surface area contributed by atoms with Gasteiger partial charge in [-0.05, 0) is 11.1 Å². The summed E-state index contributed by atoms with van der Waals surface area (Å²) in [6, 6.07) is 20.3. The van der Waals surface area contributed by atoms with Crippen molar-refractivity contribution < 1.29 is 4.79 Å². The maximum Gasteiger partial charge on any atom is 0.234 e. The van der Waals surface area contributed by atoms with Crippen molar-refractivity contribution in [3.05, 3.63) is 71.8 Å². The van der Waals surface area contributed by atoms with Crippen molar-refractivity contribution in [1.29, 1.82) is 0 Å². The van der Waals surface area contributed by atoms with Crippen LogP contribution in [-0.4, -0.2) is 23.9 Å². The molecule has 0 saturated carbocycles. The zero-order valence-electron chi connectivity index (χ0n) is 12.5. The summed E-state index contributed by atoms with van der Waals surface area (Å²) in [7, 11) is 0. The van der Waals surface area contributed by atoms with Gasteiger partial charge in [0.15, 0.2) is 0 Å².